The second-order valence-electron chi connectivity index (χ2n) is 4.56. The predicted octanol–water partition coefficient (Wildman–Crippen LogP) is 4.27. The Labute approximate surface area is 111 Å². The van der Waals surface area contributed by atoms with E-state index in [9.17, 15) is 0 Å². The van der Waals surface area contributed by atoms with Gasteiger partial charge in [0.2, 0.25) is 0 Å². The maximum Gasteiger partial charge on any atom is 0.168 e. The summed E-state index contributed by atoms with van der Waals surface area (Å²) in [5.74, 6) is -0.354. The van der Waals surface area contributed by atoms with Crippen LogP contribution in [0.2, 0.25) is 0 Å². The Balaban J connectivity index is 1.98. The first-order valence-electron chi connectivity index (χ1n) is 6.18. The lowest BCUT2D eigenvalue weighted by Gasteiger charge is -2.35. The summed E-state index contributed by atoms with van der Waals surface area (Å²) >= 11 is 3.54. The van der Waals surface area contributed by atoms with E-state index in [2.05, 4.69) is 22.0 Å². The lowest BCUT2D eigenvalue weighted by Crippen LogP contribution is -2.36. The van der Waals surface area contributed by atoms with E-state index in [1.807, 2.05) is 18.2 Å². The molecule has 2 rings (SSSR count). The number of hydrogen-bond donors (Lipinski definition) is 0. The quantitative estimate of drug-likeness (QED) is 0.773. The van der Waals surface area contributed by atoms with E-state index in [4.69, 9.17) is 9.47 Å². The third-order valence-electron chi connectivity index (χ3n) is 3.44. The molecular weight excluding hydrogens is 280 g/mol. The summed E-state index contributed by atoms with van der Waals surface area (Å²) in [5.41, 5.74) is 1.18. The maximum atomic E-state index is 6.03. The van der Waals surface area contributed by atoms with Gasteiger partial charge in [-0.3, -0.25) is 0 Å². The Morgan fingerprint density at radius 2 is 1.88 bits per heavy atom. The van der Waals surface area contributed by atoms with Gasteiger partial charge in [-0.2, -0.15) is 0 Å². The first-order valence-corrected chi connectivity index (χ1v) is 6.98. The topological polar surface area (TPSA) is 18.5 Å². The largest absolute Gasteiger partial charge is 0.353 e. The number of methoxy groups -OCH3 is 1. The highest BCUT2D eigenvalue weighted by Gasteiger charge is 2.32. The molecule has 1 aliphatic carbocycles. The van der Waals surface area contributed by atoms with Crippen LogP contribution in [0.1, 0.15) is 37.7 Å². The number of halogens is 1. The molecule has 0 unspecified atom stereocenters. The second-order valence-corrected chi connectivity index (χ2v) is 5.41. The lowest BCUT2D eigenvalue weighted by atomic mass is 9.94. The zero-order valence-electron chi connectivity index (χ0n) is 10.2. The Bertz CT molecular complexity index is 359. The van der Waals surface area contributed by atoms with Gasteiger partial charge in [0, 0.05) is 24.4 Å². The van der Waals surface area contributed by atoms with Crippen LogP contribution in [0.3, 0.4) is 0 Å². The first kappa shape index (κ1) is 13.1. The molecule has 0 radical (unpaired) electrons. The fourth-order valence-electron chi connectivity index (χ4n) is 2.32. The fraction of sp³-hybridized carbons (Fsp3) is 0.571. The van der Waals surface area contributed by atoms with E-state index in [0.717, 1.165) is 17.3 Å². The third-order valence-corrected chi connectivity index (χ3v) is 4.21. The van der Waals surface area contributed by atoms with Gasteiger partial charge in [0.25, 0.3) is 0 Å². The molecule has 0 N–H and O–H groups in total. The molecule has 0 aliphatic heterocycles. The maximum absolute atomic E-state index is 6.03. The van der Waals surface area contributed by atoms with Gasteiger partial charge in [0.05, 0.1) is 6.61 Å². The molecule has 0 heterocycles. The second kappa shape index (κ2) is 5.98. The van der Waals surface area contributed by atoms with E-state index in [1.54, 1.807) is 7.11 Å². The van der Waals surface area contributed by atoms with Crippen LogP contribution in [0.4, 0.5) is 0 Å². The summed E-state index contributed by atoms with van der Waals surface area (Å²) in [6.07, 6.45) is 5.71. The molecule has 0 spiro atoms. The standard InChI is InChI=1S/C14H19BrO2/c1-16-14(9-5-2-6-10-14)17-11-12-7-3-4-8-13(12)15/h3-4,7-8H,2,5-6,9-11H2,1H3. The number of rotatable bonds is 4. The Morgan fingerprint density at radius 1 is 1.18 bits per heavy atom. The van der Waals surface area contributed by atoms with E-state index < -0.39 is 0 Å². The molecule has 1 aromatic rings. The molecular formula is C14H19BrO2. The predicted molar refractivity (Wildman–Crippen MR) is 71.8 cm³/mol. The summed E-state index contributed by atoms with van der Waals surface area (Å²) in [5, 5.41) is 0. The Hall–Kier alpha value is -0.380. The van der Waals surface area contributed by atoms with Gasteiger partial charge in [-0.15, -0.1) is 0 Å². The molecule has 0 atom stereocenters. The molecule has 1 aromatic carbocycles. The zero-order chi connectivity index (χ0) is 12.1. The third kappa shape index (κ3) is 3.30. The van der Waals surface area contributed by atoms with E-state index >= 15 is 0 Å². The molecule has 0 aromatic heterocycles. The van der Waals surface area contributed by atoms with Crippen LogP contribution in [0.25, 0.3) is 0 Å². The molecule has 0 bridgehead atoms. The fourth-order valence-corrected chi connectivity index (χ4v) is 2.72. The summed E-state index contributed by atoms with van der Waals surface area (Å²) in [4.78, 5) is 0. The summed E-state index contributed by atoms with van der Waals surface area (Å²) in [6, 6.07) is 8.17. The minimum absolute atomic E-state index is 0.354. The molecule has 2 nitrogen and oxygen atoms in total. The van der Waals surface area contributed by atoms with Gasteiger partial charge in [-0.25, -0.2) is 0 Å². The van der Waals surface area contributed by atoms with Gasteiger partial charge >= 0.3 is 0 Å². The average Bonchev–Trinajstić information content (AvgIpc) is 2.39. The Morgan fingerprint density at radius 3 is 2.53 bits per heavy atom. The molecule has 94 valence electrons. The van der Waals surface area contributed by atoms with Crippen LogP contribution < -0.4 is 0 Å². The van der Waals surface area contributed by atoms with Crippen molar-refractivity contribution in [3.63, 3.8) is 0 Å². The molecule has 17 heavy (non-hydrogen) atoms. The smallest absolute Gasteiger partial charge is 0.168 e. The van der Waals surface area contributed by atoms with Gasteiger partial charge in [0.1, 0.15) is 0 Å². The van der Waals surface area contributed by atoms with Crippen molar-refractivity contribution in [3.05, 3.63) is 34.3 Å². The highest BCUT2D eigenvalue weighted by Crippen LogP contribution is 2.33. The van der Waals surface area contributed by atoms with Crippen LogP contribution >= 0.6 is 15.9 Å². The normalized spacial score (nSPS) is 19.2. The molecule has 0 amide bonds. The number of hydrogen-bond acceptors (Lipinski definition) is 2. The molecule has 1 fully saturated rings. The van der Waals surface area contributed by atoms with Crippen molar-refractivity contribution in [2.24, 2.45) is 0 Å². The van der Waals surface area contributed by atoms with Crippen molar-refractivity contribution < 1.29 is 9.47 Å². The van der Waals surface area contributed by atoms with Crippen LogP contribution in [0.5, 0.6) is 0 Å². The van der Waals surface area contributed by atoms with Crippen molar-refractivity contribution >= 4 is 15.9 Å². The van der Waals surface area contributed by atoms with Crippen LogP contribution in [-0.4, -0.2) is 12.9 Å². The SMILES string of the molecule is COC1(OCc2ccccc2Br)CCCCC1. The van der Waals surface area contributed by atoms with Gasteiger partial charge in [-0.05, 0) is 24.5 Å². The van der Waals surface area contributed by atoms with Crippen molar-refractivity contribution in [3.8, 4) is 0 Å². The number of ether oxygens (including phenoxy) is 2. The summed E-state index contributed by atoms with van der Waals surface area (Å²) in [7, 11) is 1.76. The lowest BCUT2D eigenvalue weighted by molar-refractivity contribution is -0.245. The summed E-state index contributed by atoms with van der Waals surface area (Å²) < 4.78 is 12.7. The molecule has 3 heteroatoms. The van der Waals surface area contributed by atoms with E-state index in [0.29, 0.717) is 6.61 Å². The first-order chi connectivity index (χ1) is 8.26. The average molecular weight is 299 g/mol. The highest BCUT2D eigenvalue weighted by atomic mass is 79.9. The minimum Gasteiger partial charge on any atom is -0.353 e. The zero-order valence-corrected chi connectivity index (χ0v) is 11.8. The van der Waals surface area contributed by atoms with Crippen molar-refractivity contribution in [1.82, 2.24) is 0 Å². The minimum atomic E-state index is -0.354. The summed E-state index contributed by atoms with van der Waals surface area (Å²) in [6.45, 7) is 0.606. The van der Waals surface area contributed by atoms with Crippen molar-refractivity contribution in [2.75, 3.05) is 7.11 Å². The van der Waals surface area contributed by atoms with Crippen LogP contribution in [0, 0.1) is 0 Å². The molecule has 0 saturated heterocycles. The van der Waals surface area contributed by atoms with E-state index in [1.165, 1.54) is 24.8 Å². The highest BCUT2D eigenvalue weighted by molar-refractivity contribution is 9.10. The van der Waals surface area contributed by atoms with Crippen LogP contribution in [0.15, 0.2) is 28.7 Å². The van der Waals surface area contributed by atoms with E-state index in [-0.39, 0.29) is 5.79 Å². The van der Waals surface area contributed by atoms with Gasteiger partial charge in [0.15, 0.2) is 5.79 Å². The van der Waals surface area contributed by atoms with Crippen molar-refractivity contribution in [2.45, 2.75) is 44.5 Å². The molecule has 1 saturated carbocycles. The monoisotopic (exact) mass is 298 g/mol. The van der Waals surface area contributed by atoms with Crippen LogP contribution in [-0.2, 0) is 16.1 Å². The number of benzene rings is 1. The van der Waals surface area contributed by atoms with Gasteiger partial charge in [-0.1, -0.05) is 40.5 Å². The molecule has 1 aliphatic rings. The van der Waals surface area contributed by atoms with Gasteiger partial charge < -0.3 is 9.47 Å². The Kier molecular flexibility index (Phi) is 4.60. The van der Waals surface area contributed by atoms with Crippen molar-refractivity contribution in [1.29, 1.82) is 0 Å².